The molecule has 1 heterocycles. The van der Waals surface area contributed by atoms with Gasteiger partial charge in [-0.25, -0.2) is 0 Å². The average Bonchev–Trinajstić information content (AvgIpc) is 2.70. The number of aromatic nitrogens is 1. The molecule has 1 unspecified atom stereocenters. The van der Waals surface area contributed by atoms with Gasteiger partial charge in [0.25, 0.3) is 0 Å². The van der Waals surface area contributed by atoms with E-state index in [1.54, 1.807) is 11.3 Å². The SMILES string of the molecule is CC1(C(Cc2cncs2)NN)CC1. The standard InChI is InChI=1S/C9H15N3S/c1-9(2-3-9)8(12-10)4-7-5-11-6-13-7/h5-6,8,12H,2-4,10H2,1H3. The summed E-state index contributed by atoms with van der Waals surface area (Å²) in [5.74, 6) is 5.55. The molecule has 0 spiro atoms. The summed E-state index contributed by atoms with van der Waals surface area (Å²) in [4.78, 5) is 5.38. The molecule has 0 amide bonds. The van der Waals surface area contributed by atoms with Gasteiger partial charge in [0, 0.05) is 23.5 Å². The van der Waals surface area contributed by atoms with Crippen LogP contribution in [0.15, 0.2) is 11.7 Å². The van der Waals surface area contributed by atoms with E-state index in [2.05, 4.69) is 17.3 Å². The molecule has 1 aromatic rings. The average molecular weight is 197 g/mol. The lowest BCUT2D eigenvalue weighted by Gasteiger charge is -2.21. The van der Waals surface area contributed by atoms with Crippen molar-refractivity contribution in [3.05, 3.63) is 16.6 Å². The number of nitrogens with one attached hydrogen (secondary N) is 1. The first-order chi connectivity index (χ1) is 6.24. The highest BCUT2D eigenvalue weighted by Crippen LogP contribution is 2.48. The van der Waals surface area contributed by atoms with Crippen LogP contribution in [-0.4, -0.2) is 11.0 Å². The fraction of sp³-hybridized carbons (Fsp3) is 0.667. The lowest BCUT2D eigenvalue weighted by Crippen LogP contribution is -2.42. The van der Waals surface area contributed by atoms with Crippen LogP contribution < -0.4 is 11.3 Å². The normalized spacial score (nSPS) is 21.4. The van der Waals surface area contributed by atoms with Crippen LogP contribution in [0, 0.1) is 5.41 Å². The van der Waals surface area contributed by atoms with Gasteiger partial charge in [0.2, 0.25) is 0 Å². The molecule has 1 atom stereocenters. The number of nitrogens with two attached hydrogens (primary N) is 1. The number of hydrazine groups is 1. The maximum absolute atomic E-state index is 5.55. The van der Waals surface area contributed by atoms with Crippen LogP contribution >= 0.6 is 11.3 Å². The van der Waals surface area contributed by atoms with Crippen LogP contribution in [0.3, 0.4) is 0 Å². The minimum atomic E-state index is 0.410. The van der Waals surface area contributed by atoms with Crippen molar-refractivity contribution in [2.45, 2.75) is 32.2 Å². The van der Waals surface area contributed by atoms with E-state index < -0.39 is 0 Å². The summed E-state index contributed by atoms with van der Waals surface area (Å²) in [6, 6.07) is 0.410. The van der Waals surface area contributed by atoms with E-state index in [4.69, 9.17) is 5.84 Å². The summed E-state index contributed by atoms with van der Waals surface area (Å²) in [6.07, 6.45) is 5.53. The van der Waals surface area contributed by atoms with Crippen molar-refractivity contribution in [1.29, 1.82) is 0 Å². The highest BCUT2D eigenvalue weighted by Gasteiger charge is 2.44. The lowest BCUT2D eigenvalue weighted by molar-refractivity contribution is 0.361. The van der Waals surface area contributed by atoms with E-state index in [0.29, 0.717) is 11.5 Å². The van der Waals surface area contributed by atoms with Gasteiger partial charge < -0.3 is 0 Å². The number of thiazole rings is 1. The van der Waals surface area contributed by atoms with Gasteiger partial charge in [-0.2, -0.15) is 0 Å². The van der Waals surface area contributed by atoms with E-state index in [1.165, 1.54) is 17.7 Å². The smallest absolute Gasteiger partial charge is 0.0794 e. The number of rotatable bonds is 4. The van der Waals surface area contributed by atoms with Crippen LogP contribution in [0.2, 0.25) is 0 Å². The minimum absolute atomic E-state index is 0.410. The fourth-order valence-electron chi connectivity index (χ4n) is 1.60. The number of hydrogen-bond donors (Lipinski definition) is 2. The van der Waals surface area contributed by atoms with Crippen LogP contribution in [0.1, 0.15) is 24.6 Å². The molecule has 1 saturated carbocycles. The maximum atomic E-state index is 5.55. The third-order valence-corrected chi connectivity index (χ3v) is 3.77. The van der Waals surface area contributed by atoms with E-state index in [0.717, 1.165) is 6.42 Å². The van der Waals surface area contributed by atoms with Crippen molar-refractivity contribution < 1.29 is 0 Å². The van der Waals surface area contributed by atoms with Crippen LogP contribution in [0.5, 0.6) is 0 Å². The minimum Gasteiger partial charge on any atom is -0.271 e. The zero-order valence-electron chi connectivity index (χ0n) is 7.79. The highest BCUT2D eigenvalue weighted by molar-refractivity contribution is 7.09. The molecule has 4 heteroatoms. The van der Waals surface area contributed by atoms with E-state index in [1.807, 2.05) is 11.7 Å². The summed E-state index contributed by atoms with van der Waals surface area (Å²) in [5, 5.41) is 0. The molecule has 0 radical (unpaired) electrons. The first kappa shape index (κ1) is 9.12. The molecule has 1 aliphatic rings. The zero-order chi connectivity index (χ0) is 9.31. The molecule has 1 aromatic heterocycles. The monoisotopic (exact) mass is 197 g/mol. The maximum Gasteiger partial charge on any atom is 0.0794 e. The van der Waals surface area contributed by atoms with Gasteiger partial charge in [-0.05, 0) is 18.3 Å². The van der Waals surface area contributed by atoms with Crippen molar-refractivity contribution in [3.63, 3.8) is 0 Å². The molecule has 3 nitrogen and oxygen atoms in total. The molecule has 1 aliphatic carbocycles. The molecular weight excluding hydrogens is 182 g/mol. The van der Waals surface area contributed by atoms with Gasteiger partial charge in [0.1, 0.15) is 0 Å². The molecule has 2 rings (SSSR count). The van der Waals surface area contributed by atoms with E-state index in [9.17, 15) is 0 Å². The van der Waals surface area contributed by atoms with E-state index >= 15 is 0 Å². The summed E-state index contributed by atoms with van der Waals surface area (Å²) >= 11 is 1.70. The summed E-state index contributed by atoms with van der Waals surface area (Å²) < 4.78 is 0. The van der Waals surface area contributed by atoms with Crippen molar-refractivity contribution in [3.8, 4) is 0 Å². The van der Waals surface area contributed by atoms with Gasteiger partial charge in [0.05, 0.1) is 5.51 Å². The van der Waals surface area contributed by atoms with Gasteiger partial charge >= 0.3 is 0 Å². The molecule has 72 valence electrons. The molecule has 0 aliphatic heterocycles. The second-order valence-electron chi connectivity index (χ2n) is 4.05. The molecule has 3 N–H and O–H groups in total. The van der Waals surface area contributed by atoms with Crippen LogP contribution in [0.25, 0.3) is 0 Å². The summed E-state index contributed by atoms with van der Waals surface area (Å²) in [6.45, 7) is 2.29. The fourth-order valence-corrected chi connectivity index (χ4v) is 2.24. The van der Waals surface area contributed by atoms with E-state index in [-0.39, 0.29) is 0 Å². The second kappa shape index (κ2) is 3.36. The predicted octanol–water partition coefficient (Wildman–Crippen LogP) is 1.32. The van der Waals surface area contributed by atoms with Crippen LogP contribution in [0.4, 0.5) is 0 Å². The first-order valence-corrected chi connectivity index (χ1v) is 5.46. The van der Waals surface area contributed by atoms with Crippen molar-refractivity contribution in [2.24, 2.45) is 11.3 Å². The Kier molecular flexibility index (Phi) is 2.36. The molecule has 0 saturated heterocycles. The number of hydrogen-bond acceptors (Lipinski definition) is 4. The lowest BCUT2D eigenvalue weighted by atomic mass is 9.96. The number of nitrogens with zero attached hydrogens (tertiary/aromatic N) is 1. The van der Waals surface area contributed by atoms with Crippen molar-refractivity contribution in [1.82, 2.24) is 10.4 Å². The molecule has 0 bridgehead atoms. The quantitative estimate of drug-likeness (QED) is 0.565. The van der Waals surface area contributed by atoms with Crippen molar-refractivity contribution >= 4 is 11.3 Å². The first-order valence-electron chi connectivity index (χ1n) is 4.58. The Morgan fingerprint density at radius 2 is 2.54 bits per heavy atom. The predicted molar refractivity (Wildman–Crippen MR) is 54.3 cm³/mol. The van der Waals surface area contributed by atoms with Crippen molar-refractivity contribution in [2.75, 3.05) is 0 Å². The second-order valence-corrected chi connectivity index (χ2v) is 5.02. The molecule has 1 fully saturated rings. The molecule has 13 heavy (non-hydrogen) atoms. The van der Waals surface area contributed by atoms with Crippen LogP contribution in [-0.2, 0) is 6.42 Å². The highest BCUT2D eigenvalue weighted by atomic mass is 32.1. The van der Waals surface area contributed by atoms with Gasteiger partial charge in [-0.3, -0.25) is 16.3 Å². The Morgan fingerprint density at radius 1 is 1.77 bits per heavy atom. The third kappa shape index (κ3) is 1.90. The Hall–Kier alpha value is -0.450. The molecule has 0 aromatic carbocycles. The van der Waals surface area contributed by atoms with Gasteiger partial charge in [-0.1, -0.05) is 6.92 Å². The molecular formula is C9H15N3S. The summed E-state index contributed by atoms with van der Waals surface area (Å²) in [7, 11) is 0. The zero-order valence-corrected chi connectivity index (χ0v) is 8.60. The summed E-state index contributed by atoms with van der Waals surface area (Å²) in [5.41, 5.74) is 5.22. The Bertz CT molecular complexity index is 266. The third-order valence-electron chi connectivity index (χ3n) is 2.97. The Morgan fingerprint density at radius 3 is 3.00 bits per heavy atom. The van der Waals surface area contributed by atoms with Gasteiger partial charge in [-0.15, -0.1) is 11.3 Å². The Balaban J connectivity index is 1.99. The Labute approximate surface area is 82.3 Å². The van der Waals surface area contributed by atoms with Gasteiger partial charge in [0.15, 0.2) is 0 Å². The largest absolute Gasteiger partial charge is 0.271 e. The topological polar surface area (TPSA) is 50.9 Å².